The third-order valence-electron chi connectivity index (χ3n) is 4.84. The number of hydrogen-bond donors (Lipinski definition) is 2. The predicted molar refractivity (Wildman–Crippen MR) is 116 cm³/mol. The van der Waals surface area contributed by atoms with Gasteiger partial charge in [0, 0.05) is 25.2 Å². The van der Waals surface area contributed by atoms with Crippen molar-refractivity contribution in [1.29, 1.82) is 0 Å². The molecule has 4 heteroatoms. The maximum Gasteiger partial charge on any atom is 0.0717 e. The Morgan fingerprint density at radius 1 is 0.643 bits per heavy atom. The average Bonchev–Trinajstić information content (AvgIpc) is 2.75. The summed E-state index contributed by atoms with van der Waals surface area (Å²) in [7, 11) is 0. The van der Waals surface area contributed by atoms with Crippen molar-refractivity contribution < 1.29 is 9.47 Å². The number of rotatable bonds is 15. The van der Waals surface area contributed by atoms with E-state index in [1.54, 1.807) is 0 Å². The highest BCUT2D eigenvalue weighted by atomic mass is 16.5. The van der Waals surface area contributed by atoms with E-state index in [0.717, 1.165) is 39.1 Å². The molecule has 0 fully saturated rings. The van der Waals surface area contributed by atoms with Crippen LogP contribution in [0.5, 0.6) is 0 Å². The van der Waals surface area contributed by atoms with Gasteiger partial charge in [0.05, 0.1) is 26.4 Å². The van der Waals surface area contributed by atoms with Crippen molar-refractivity contribution in [3.05, 3.63) is 71.8 Å². The molecule has 2 aromatic rings. The highest BCUT2D eigenvalue weighted by molar-refractivity contribution is 5.14. The molecule has 0 aromatic heterocycles. The highest BCUT2D eigenvalue weighted by Gasteiger charge is 2.08. The van der Waals surface area contributed by atoms with E-state index in [-0.39, 0.29) is 0 Å². The van der Waals surface area contributed by atoms with Crippen molar-refractivity contribution in [3.8, 4) is 0 Å². The lowest BCUT2D eigenvalue weighted by molar-refractivity contribution is 0.0937. The van der Waals surface area contributed by atoms with Crippen LogP contribution in [0.25, 0.3) is 0 Å². The van der Waals surface area contributed by atoms with Gasteiger partial charge in [-0.15, -0.1) is 0 Å². The molecule has 0 spiro atoms. The minimum atomic E-state index is 0.389. The van der Waals surface area contributed by atoms with Crippen molar-refractivity contribution in [2.75, 3.05) is 26.3 Å². The summed E-state index contributed by atoms with van der Waals surface area (Å²) in [6.45, 7) is 9.09. The summed E-state index contributed by atoms with van der Waals surface area (Å²) < 4.78 is 11.7. The minimum Gasteiger partial charge on any atom is -0.375 e. The molecule has 2 atom stereocenters. The molecule has 0 bridgehead atoms. The van der Waals surface area contributed by atoms with Crippen molar-refractivity contribution in [2.45, 2.75) is 52.0 Å². The van der Waals surface area contributed by atoms with Gasteiger partial charge >= 0.3 is 0 Å². The first-order valence-corrected chi connectivity index (χ1v) is 10.5. The van der Waals surface area contributed by atoms with E-state index in [4.69, 9.17) is 9.47 Å². The highest BCUT2D eigenvalue weighted by Crippen LogP contribution is 2.03. The molecule has 2 aromatic carbocycles. The van der Waals surface area contributed by atoms with Crippen LogP contribution >= 0.6 is 0 Å². The number of hydrogen-bond acceptors (Lipinski definition) is 4. The normalized spacial score (nSPS) is 13.4. The molecule has 2 N–H and O–H groups in total. The molecule has 0 aliphatic rings. The minimum absolute atomic E-state index is 0.389. The van der Waals surface area contributed by atoms with Crippen molar-refractivity contribution in [1.82, 2.24) is 10.6 Å². The molecular weight excluding hydrogens is 348 g/mol. The van der Waals surface area contributed by atoms with Crippen molar-refractivity contribution in [3.63, 3.8) is 0 Å². The first-order chi connectivity index (χ1) is 13.8. The zero-order chi connectivity index (χ0) is 19.9. The van der Waals surface area contributed by atoms with Gasteiger partial charge in [0.15, 0.2) is 0 Å². The van der Waals surface area contributed by atoms with E-state index < -0.39 is 0 Å². The van der Waals surface area contributed by atoms with E-state index in [1.165, 1.54) is 11.1 Å². The molecule has 2 unspecified atom stereocenters. The van der Waals surface area contributed by atoms with Crippen LogP contribution in [0.1, 0.15) is 37.8 Å². The van der Waals surface area contributed by atoms with Crippen LogP contribution in [0.15, 0.2) is 60.7 Å². The molecule has 0 aliphatic carbocycles. The Balaban J connectivity index is 1.54. The first-order valence-electron chi connectivity index (χ1n) is 10.5. The van der Waals surface area contributed by atoms with E-state index in [9.17, 15) is 0 Å². The Hall–Kier alpha value is -1.72. The van der Waals surface area contributed by atoms with Crippen LogP contribution in [-0.4, -0.2) is 38.4 Å². The Kier molecular flexibility index (Phi) is 11.5. The second kappa shape index (κ2) is 14.3. The predicted octanol–water partition coefficient (Wildman–Crippen LogP) is 4.16. The van der Waals surface area contributed by atoms with Gasteiger partial charge in [-0.1, -0.05) is 74.5 Å². The molecule has 0 amide bonds. The van der Waals surface area contributed by atoms with Crippen LogP contribution in [-0.2, 0) is 22.7 Å². The zero-order valence-corrected chi connectivity index (χ0v) is 17.4. The Morgan fingerprint density at radius 2 is 1.04 bits per heavy atom. The molecule has 4 nitrogen and oxygen atoms in total. The summed E-state index contributed by atoms with van der Waals surface area (Å²) in [6, 6.07) is 21.4. The monoisotopic (exact) mass is 384 g/mol. The van der Waals surface area contributed by atoms with Gasteiger partial charge in [-0.3, -0.25) is 0 Å². The molecule has 2 rings (SSSR count). The maximum absolute atomic E-state index is 5.86. The molecule has 0 saturated carbocycles. The topological polar surface area (TPSA) is 42.5 Å². The lowest BCUT2D eigenvalue weighted by atomic mass is 10.2. The Bertz CT molecular complexity index is 551. The van der Waals surface area contributed by atoms with Crippen LogP contribution in [0, 0.1) is 0 Å². The summed E-state index contributed by atoms with van der Waals surface area (Å²) in [5.41, 5.74) is 2.45. The maximum atomic E-state index is 5.86. The van der Waals surface area contributed by atoms with E-state index >= 15 is 0 Å². The Labute approximate surface area is 170 Å². The summed E-state index contributed by atoms with van der Waals surface area (Å²) in [6.07, 6.45) is 2.12. The molecule has 0 aliphatic heterocycles. The smallest absolute Gasteiger partial charge is 0.0717 e. The Morgan fingerprint density at radius 3 is 1.39 bits per heavy atom. The third kappa shape index (κ3) is 9.47. The fraction of sp³-hybridized carbons (Fsp3) is 0.500. The number of benzene rings is 2. The molecule has 28 heavy (non-hydrogen) atoms. The van der Waals surface area contributed by atoms with Gasteiger partial charge in [0.1, 0.15) is 0 Å². The summed E-state index contributed by atoms with van der Waals surface area (Å²) in [5.74, 6) is 0. The third-order valence-corrected chi connectivity index (χ3v) is 4.84. The van der Waals surface area contributed by atoms with Gasteiger partial charge in [-0.2, -0.15) is 0 Å². The fourth-order valence-corrected chi connectivity index (χ4v) is 2.98. The number of nitrogens with one attached hydrogen (secondary N) is 2. The van der Waals surface area contributed by atoms with E-state index in [0.29, 0.717) is 25.3 Å². The summed E-state index contributed by atoms with van der Waals surface area (Å²) in [5, 5.41) is 7.18. The van der Waals surface area contributed by atoms with Crippen molar-refractivity contribution >= 4 is 0 Å². The molecular formula is C24H36N2O2. The molecule has 0 heterocycles. The lowest BCUT2D eigenvalue weighted by Crippen LogP contribution is -2.41. The second-order valence-corrected chi connectivity index (χ2v) is 7.12. The van der Waals surface area contributed by atoms with Gasteiger partial charge < -0.3 is 20.1 Å². The molecule has 0 radical (unpaired) electrons. The van der Waals surface area contributed by atoms with Crippen LogP contribution in [0.4, 0.5) is 0 Å². The van der Waals surface area contributed by atoms with Crippen molar-refractivity contribution in [2.24, 2.45) is 0 Å². The van der Waals surface area contributed by atoms with Gasteiger partial charge in [0.2, 0.25) is 0 Å². The first kappa shape index (κ1) is 22.6. The van der Waals surface area contributed by atoms with E-state index in [1.807, 2.05) is 36.4 Å². The summed E-state index contributed by atoms with van der Waals surface area (Å²) >= 11 is 0. The zero-order valence-electron chi connectivity index (χ0n) is 17.4. The van der Waals surface area contributed by atoms with Gasteiger partial charge in [0.25, 0.3) is 0 Å². The second-order valence-electron chi connectivity index (χ2n) is 7.12. The largest absolute Gasteiger partial charge is 0.375 e. The van der Waals surface area contributed by atoms with Crippen LogP contribution in [0.2, 0.25) is 0 Å². The SMILES string of the molecule is CCC(COCc1ccccc1)NCCNC(CC)COCc1ccccc1. The summed E-state index contributed by atoms with van der Waals surface area (Å²) in [4.78, 5) is 0. The van der Waals surface area contributed by atoms with Gasteiger partial charge in [-0.25, -0.2) is 0 Å². The quantitative estimate of drug-likeness (QED) is 0.453. The van der Waals surface area contributed by atoms with Crippen LogP contribution < -0.4 is 10.6 Å². The van der Waals surface area contributed by atoms with Gasteiger partial charge in [-0.05, 0) is 24.0 Å². The average molecular weight is 385 g/mol. The van der Waals surface area contributed by atoms with Crippen LogP contribution in [0.3, 0.4) is 0 Å². The lowest BCUT2D eigenvalue weighted by Gasteiger charge is -2.20. The fourth-order valence-electron chi connectivity index (χ4n) is 2.98. The standard InChI is InChI=1S/C24H36N2O2/c1-3-23(19-27-17-21-11-7-5-8-12-21)25-15-16-26-24(4-2)20-28-18-22-13-9-6-10-14-22/h5-14,23-26H,3-4,15-20H2,1-2H3. The molecule has 154 valence electrons. The molecule has 0 saturated heterocycles. The van der Waals surface area contributed by atoms with E-state index in [2.05, 4.69) is 48.7 Å². The number of ether oxygens (including phenoxy) is 2.